The van der Waals surface area contributed by atoms with E-state index in [9.17, 15) is 13.6 Å². The van der Waals surface area contributed by atoms with Crippen molar-refractivity contribution in [3.63, 3.8) is 0 Å². The third-order valence-corrected chi connectivity index (χ3v) is 3.47. The Morgan fingerprint density at radius 2 is 2.06 bits per heavy atom. The minimum absolute atomic E-state index is 0.0297. The van der Waals surface area contributed by atoms with Gasteiger partial charge in [0, 0.05) is 26.2 Å². The van der Waals surface area contributed by atoms with E-state index in [1.54, 1.807) is 28.9 Å². The third kappa shape index (κ3) is 3.18. The van der Waals surface area contributed by atoms with Gasteiger partial charge in [0.2, 0.25) is 0 Å². The SMILES string of the molecule is Cc1ccc(C(=O)N2CCN(CS(=O)[O-])CC2)o1. The minimum atomic E-state index is -2.06. The maximum absolute atomic E-state index is 12.0. The highest BCUT2D eigenvalue weighted by molar-refractivity contribution is 7.79. The second-order valence-corrected chi connectivity index (χ2v) is 5.12. The Kier molecular flexibility index (Phi) is 4.15. The van der Waals surface area contributed by atoms with Gasteiger partial charge in [0.25, 0.3) is 5.91 Å². The molecule has 2 rings (SSSR count). The predicted molar refractivity (Wildman–Crippen MR) is 64.7 cm³/mol. The Morgan fingerprint density at radius 3 is 2.56 bits per heavy atom. The molecule has 2 heterocycles. The zero-order chi connectivity index (χ0) is 13.1. The largest absolute Gasteiger partial charge is 0.771 e. The van der Waals surface area contributed by atoms with Gasteiger partial charge >= 0.3 is 0 Å². The Hall–Kier alpha value is -1.18. The number of nitrogens with zero attached hydrogens (tertiary/aromatic N) is 2. The van der Waals surface area contributed by atoms with E-state index in [1.807, 2.05) is 0 Å². The lowest BCUT2D eigenvalue weighted by Crippen LogP contribution is -2.49. The van der Waals surface area contributed by atoms with Crippen LogP contribution in [0.1, 0.15) is 16.3 Å². The molecule has 0 aromatic carbocycles. The van der Waals surface area contributed by atoms with E-state index in [2.05, 4.69) is 0 Å². The van der Waals surface area contributed by atoms with Crippen molar-refractivity contribution in [1.82, 2.24) is 9.80 Å². The van der Waals surface area contributed by atoms with Gasteiger partial charge in [-0.15, -0.1) is 0 Å². The Bertz CT molecular complexity index is 452. The molecular formula is C11H15N2O4S-. The summed E-state index contributed by atoms with van der Waals surface area (Å²) in [6.07, 6.45) is 0. The summed E-state index contributed by atoms with van der Waals surface area (Å²) in [5.74, 6) is 0.945. The van der Waals surface area contributed by atoms with Crippen molar-refractivity contribution in [2.75, 3.05) is 32.1 Å². The molecule has 1 saturated heterocycles. The molecule has 0 N–H and O–H groups in total. The van der Waals surface area contributed by atoms with Crippen molar-refractivity contribution in [2.45, 2.75) is 6.92 Å². The molecule has 1 atom stereocenters. The first-order valence-corrected chi connectivity index (χ1v) is 6.94. The summed E-state index contributed by atoms with van der Waals surface area (Å²) in [6.45, 7) is 3.97. The fourth-order valence-electron chi connectivity index (χ4n) is 1.93. The molecule has 1 aliphatic rings. The van der Waals surface area contributed by atoms with Gasteiger partial charge < -0.3 is 13.9 Å². The molecule has 7 heteroatoms. The van der Waals surface area contributed by atoms with E-state index in [0.717, 1.165) is 0 Å². The first-order chi connectivity index (χ1) is 8.56. The number of carbonyl (C=O) groups is 1. The van der Waals surface area contributed by atoms with Gasteiger partial charge in [-0.05, 0) is 30.1 Å². The molecule has 0 radical (unpaired) electrons. The summed E-state index contributed by atoms with van der Waals surface area (Å²) in [5, 5.41) is 0. The molecule has 1 aliphatic heterocycles. The minimum Gasteiger partial charge on any atom is -0.771 e. The summed E-state index contributed by atoms with van der Waals surface area (Å²) in [7, 11) is 0. The second kappa shape index (κ2) is 5.64. The smallest absolute Gasteiger partial charge is 0.289 e. The van der Waals surface area contributed by atoms with Gasteiger partial charge in [0.15, 0.2) is 5.76 Å². The zero-order valence-corrected chi connectivity index (χ0v) is 10.9. The lowest BCUT2D eigenvalue weighted by atomic mass is 10.3. The van der Waals surface area contributed by atoms with Crippen LogP contribution in [-0.4, -0.2) is 56.5 Å². The first-order valence-electron chi connectivity index (χ1n) is 5.70. The average molecular weight is 271 g/mol. The number of amides is 1. The summed E-state index contributed by atoms with van der Waals surface area (Å²) in [4.78, 5) is 15.5. The Balaban J connectivity index is 1.90. The lowest BCUT2D eigenvalue weighted by Gasteiger charge is -2.34. The number of aryl methyl sites for hydroxylation is 1. The molecule has 1 aromatic heterocycles. The molecule has 0 bridgehead atoms. The topological polar surface area (TPSA) is 76.8 Å². The molecular weight excluding hydrogens is 256 g/mol. The van der Waals surface area contributed by atoms with Crippen LogP contribution in [0.2, 0.25) is 0 Å². The van der Waals surface area contributed by atoms with Crippen molar-refractivity contribution in [2.24, 2.45) is 0 Å². The van der Waals surface area contributed by atoms with Crippen molar-refractivity contribution >= 4 is 17.0 Å². The molecule has 0 saturated carbocycles. The Labute approximate surface area is 108 Å². The lowest BCUT2D eigenvalue weighted by molar-refractivity contribution is 0.0624. The predicted octanol–water partition coefficient (Wildman–Crippen LogP) is 0.182. The van der Waals surface area contributed by atoms with E-state index in [4.69, 9.17) is 4.42 Å². The van der Waals surface area contributed by atoms with Gasteiger partial charge in [-0.1, -0.05) is 0 Å². The van der Waals surface area contributed by atoms with Gasteiger partial charge in [0.05, 0.1) is 5.88 Å². The summed E-state index contributed by atoms with van der Waals surface area (Å²) >= 11 is -2.06. The second-order valence-electron chi connectivity index (χ2n) is 4.25. The third-order valence-electron chi connectivity index (χ3n) is 2.90. The number of furan rings is 1. The maximum atomic E-state index is 12.0. The van der Waals surface area contributed by atoms with E-state index in [0.29, 0.717) is 37.7 Å². The van der Waals surface area contributed by atoms with Gasteiger partial charge in [0.1, 0.15) is 5.76 Å². The highest BCUT2D eigenvalue weighted by atomic mass is 32.2. The number of piperazine rings is 1. The number of hydrogen-bond acceptors (Lipinski definition) is 5. The molecule has 18 heavy (non-hydrogen) atoms. The normalized spacial score (nSPS) is 18.9. The van der Waals surface area contributed by atoms with Crippen LogP contribution in [0.15, 0.2) is 16.5 Å². The van der Waals surface area contributed by atoms with Crippen LogP contribution in [0.4, 0.5) is 0 Å². The van der Waals surface area contributed by atoms with Crippen LogP contribution < -0.4 is 0 Å². The van der Waals surface area contributed by atoms with E-state index in [1.165, 1.54) is 0 Å². The first kappa shape index (κ1) is 13.3. The molecule has 1 fully saturated rings. The van der Waals surface area contributed by atoms with Crippen molar-refractivity contribution < 1.29 is 18.0 Å². The van der Waals surface area contributed by atoms with E-state index in [-0.39, 0.29) is 11.8 Å². The van der Waals surface area contributed by atoms with Crippen molar-refractivity contribution in [3.05, 3.63) is 23.7 Å². The molecule has 100 valence electrons. The van der Waals surface area contributed by atoms with Gasteiger partial charge in [-0.2, -0.15) is 0 Å². The number of rotatable bonds is 3. The van der Waals surface area contributed by atoms with Crippen LogP contribution in [0, 0.1) is 6.92 Å². The highest BCUT2D eigenvalue weighted by Gasteiger charge is 2.23. The van der Waals surface area contributed by atoms with Crippen molar-refractivity contribution in [1.29, 1.82) is 0 Å². The van der Waals surface area contributed by atoms with Gasteiger partial charge in [-0.3, -0.25) is 13.9 Å². The molecule has 6 nitrogen and oxygen atoms in total. The monoisotopic (exact) mass is 271 g/mol. The van der Waals surface area contributed by atoms with E-state index >= 15 is 0 Å². The molecule has 1 unspecified atom stereocenters. The van der Waals surface area contributed by atoms with Crippen LogP contribution in [0.25, 0.3) is 0 Å². The van der Waals surface area contributed by atoms with Crippen LogP contribution in [-0.2, 0) is 11.1 Å². The van der Waals surface area contributed by atoms with E-state index < -0.39 is 11.1 Å². The molecule has 0 aliphatic carbocycles. The quantitative estimate of drug-likeness (QED) is 0.733. The fraction of sp³-hybridized carbons (Fsp3) is 0.545. The molecule has 0 spiro atoms. The van der Waals surface area contributed by atoms with Gasteiger partial charge in [-0.25, -0.2) is 0 Å². The average Bonchev–Trinajstić information content (AvgIpc) is 2.75. The summed E-state index contributed by atoms with van der Waals surface area (Å²) in [5.41, 5.74) is 0. The van der Waals surface area contributed by atoms with Crippen LogP contribution in [0.3, 0.4) is 0 Å². The van der Waals surface area contributed by atoms with Crippen LogP contribution in [0.5, 0.6) is 0 Å². The zero-order valence-electron chi connectivity index (χ0n) is 10.1. The molecule has 1 aromatic rings. The molecule has 1 amide bonds. The summed E-state index contributed by atoms with van der Waals surface area (Å²) in [6, 6.07) is 3.42. The number of carbonyl (C=O) groups excluding carboxylic acids is 1. The fourth-order valence-corrected chi connectivity index (χ4v) is 2.49. The standard InChI is InChI=1S/C11H16N2O4S/c1-9-2-3-10(17-9)11(14)13-6-4-12(5-7-13)8-18(15)16/h2-3H,4-8H2,1H3,(H,15,16)/p-1. The number of hydrogen-bond donors (Lipinski definition) is 0. The highest BCUT2D eigenvalue weighted by Crippen LogP contribution is 2.12. The van der Waals surface area contributed by atoms with Crippen LogP contribution >= 0.6 is 0 Å². The summed E-state index contributed by atoms with van der Waals surface area (Å²) < 4.78 is 26.4. The Morgan fingerprint density at radius 1 is 1.39 bits per heavy atom. The maximum Gasteiger partial charge on any atom is 0.289 e. The van der Waals surface area contributed by atoms with Crippen molar-refractivity contribution in [3.8, 4) is 0 Å².